The molecule has 0 radical (unpaired) electrons. The molecule has 2 fully saturated rings. The quantitative estimate of drug-likeness (QED) is 0.725. The van der Waals surface area contributed by atoms with Gasteiger partial charge in [0, 0.05) is 6.54 Å². The summed E-state index contributed by atoms with van der Waals surface area (Å²) in [6, 6.07) is 5.39. The summed E-state index contributed by atoms with van der Waals surface area (Å²) in [5, 5.41) is 0.484. The van der Waals surface area contributed by atoms with E-state index in [1.807, 2.05) is 0 Å². The number of likely N-dealkylation sites (tertiary alicyclic amines) is 1. The van der Waals surface area contributed by atoms with Crippen molar-refractivity contribution in [2.24, 2.45) is 5.41 Å². The zero-order chi connectivity index (χ0) is 20.3. The maximum Gasteiger partial charge on any atom is 0.411 e. The number of hydroxylamine groups is 2. The molecular formula is C20H22N2O6. The van der Waals surface area contributed by atoms with E-state index in [2.05, 4.69) is 0 Å². The molecule has 1 atom stereocenters. The number of rotatable bonds is 2. The van der Waals surface area contributed by atoms with Crippen molar-refractivity contribution < 1.29 is 28.8 Å². The fraction of sp³-hybridized carbons (Fsp3) is 0.500. The van der Waals surface area contributed by atoms with Crippen molar-refractivity contribution in [1.29, 1.82) is 0 Å². The molecule has 148 valence electrons. The summed E-state index contributed by atoms with van der Waals surface area (Å²) in [7, 11) is 0. The van der Waals surface area contributed by atoms with Crippen LogP contribution in [-0.2, 0) is 14.4 Å². The minimum Gasteiger partial charge on any atom is -0.444 e. The lowest BCUT2D eigenvalue weighted by atomic mass is 10.0. The van der Waals surface area contributed by atoms with Gasteiger partial charge in [0.05, 0.1) is 11.1 Å². The van der Waals surface area contributed by atoms with Crippen LogP contribution < -0.4 is 0 Å². The van der Waals surface area contributed by atoms with E-state index in [-0.39, 0.29) is 16.5 Å². The molecule has 1 saturated heterocycles. The number of carbonyl (C=O) groups excluding carboxylic acids is 4. The Morgan fingerprint density at radius 1 is 1.07 bits per heavy atom. The first-order chi connectivity index (χ1) is 13.1. The van der Waals surface area contributed by atoms with Crippen molar-refractivity contribution in [1.82, 2.24) is 9.96 Å². The molecule has 3 aliphatic rings. The first-order valence-corrected chi connectivity index (χ1v) is 9.30. The summed E-state index contributed by atoms with van der Waals surface area (Å²) < 4.78 is 5.42. The van der Waals surface area contributed by atoms with E-state index in [9.17, 15) is 19.2 Å². The third kappa shape index (κ3) is 3.12. The summed E-state index contributed by atoms with van der Waals surface area (Å²) in [6.45, 7) is 5.66. The second kappa shape index (κ2) is 6.05. The molecule has 2 aliphatic heterocycles. The largest absolute Gasteiger partial charge is 0.444 e. The fourth-order valence-corrected chi connectivity index (χ4v) is 3.72. The van der Waals surface area contributed by atoms with E-state index in [1.165, 1.54) is 17.0 Å². The molecule has 0 unspecified atom stereocenters. The summed E-state index contributed by atoms with van der Waals surface area (Å²) in [4.78, 5) is 56.8. The lowest BCUT2D eigenvalue weighted by Crippen LogP contribution is -2.46. The molecule has 1 spiro atoms. The van der Waals surface area contributed by atoms with Gasteiger partial charge in [0.1, 0.15) is 11.6 Å². The summed E-state index contributed by atoms with van der Waals surface area (Å²) >= 11 is 0. The van der Waals surface area contributed by atoms with Crippen molar-refractivity contribution in [2.45, 2.75) is 51.7 Å². The number of hydrogen-bond donors (Lipinski definition) is 0. The Bertz CT molecular complexity index is 848. The monoisotopic (exact) mass is 386 g/mol. The molecule has 8 heteroatoms. The van der Waals surface area contributed by atoms with Crippen LogP contribution in [0.2, 0.25) is 0 Å². The standard InChI is InChI=1S/C20H22N2O6/c1-19(2,3)27-18(26)21-11-20(8-9-20)10-14(21)17(25)28-22-15(23)12-6-4-5-7-13(12)16(22)24/h4-7,14H,8-11H2,1-3H3/t14-/m0/s1. The van der Waals surface area contributed by atoms with Crippen molar-refractivity contribution >= 4 is 23.9 Å². The Kier molecular flexibility index (Phi) is 3.99. The van der Waals surface area contributed by atoms with Crippen molar-refractivity contribution in [3.8, 4) is 0 Å². The van der Waals surface area contributed by atoms with Gasteiger partial charge in [-0.1, -0.05) is 17.2 Å². The average Bonchev–Trinajstić information content (AvgIpc) is 3.19. The lowest BCUT2D eigenvalue weighted by molar-refractivity contribution is -0.173. The maximum atomic E-state index is 12.8. The molecular weight excluding hydrogens is 364 g/mol. The summed E-state index contributed by atoms with van der Waals surface area (Å²) in [5.74, 6) is -2.17. The van der Waals surface area contributed by atoms with Gasteiger partial charge >= 0.3 is 12.1 Å². The minimum absolute atomic E-state index is 0.0947. The molecule has 1 aliphatic carbocycles. The van der Waals surface area contributed by atoms with Gasteiger partial charge in [0.2, 0.25) is 0 Å². The Morgan fingerprint density at radius 3 is 2.14 bits per heavy atom. The van der Waals surface area contributed by atoms with Gasteiger partial charge in [-0.15, -0.1) is 0 Å². The molecule has 2 heterocycles. The zero-order valence-electron chi connectivity index (χ0n) is 16.1. The van der Waals surface area contributed by atoms with E-state index in [1.54, 1.807) is 32.9 Å². The second-order valence-corrected chi connectivity index (χ2v) is 8.69. The Hall–Kier alpha value is -2.90. The number of nitrogens with zero attached hydrogens (tertiary/aromatic N) is 2. The number of amides is 3. The third-order valence-corrected chi connectivity index (χ3v) is 5.30. The molecule has 28 heavy (non-hydrogen) atoms. The Labute approximate surface area is 162 Å². The SMILES string of the molecule is CC(C)(C)OC(=O)N1CC2(CC2)C[C@H]1C(=O)ON1C(=O)c2ccccc2C1=O. The maximum absolute atomic E-state index is 12.8. The van der Waals surface area contributed by atoms with Gasteiger partial charge in [-0.25, -0.2) is 9.59 Å². The van der Waals surface area contributed by atoms with Gasteiger partial charge in [-0.05, 0) is 57.6 Å². The lowest BCUT2D eigenvalue weighted by Gasteiger charge is -2.28. The van der Waals surface area contributed by atoms with Gasteiger partial charge in [-0.2, -0.15) is 0 Å². The first-order valence-electron chi connectivity index (χ1n) is 9.30. The van der Waals surface area contributed by atoms with Crippen LogP contribution in [0, 0.1) is 5.41 Å². The second-order valence-electron chi connectivity index (χ2n) is 8.69. The van der Waals surface area contributed by atoms with Crippen molar-refractivity contribution in [2.75, 3.05) is 6.54 Å². The Morgan fingerprint density at radius 2 is 1.64 bits per heavy atom. The van der Waals surface area contributed by atoms with Crippen LogP contribution in [0.15, 0.2) is 24.3 Å². The van der Waals surface area contributed by atoms with E-state index < -0.39 is 35.5 Å². The van der Waals surface area contributed by atoms with E-state index in [0.717, 1.165) is 12.8 Å². The number of hydrogen-bond acceptors (Lipinski definition) is 6. The van der Waals surface area contributed by atoms with Crippen LogP contribution in [0.4, 0.5) is 4.79 Å². The van der Waals surface area contributed by atoms with Gasteiger partial charge in [0.25, 0.3) is 11.8 Å². The topological polar surface area (TPSA) is 93.2 Å². The smallest absolute Gasteiger partial charge is 0.411 e. The number of carbonyl (C=O) groups is 4. The normalized spacial score (nSPS) is 22.5. The third-order valence-electron chi connectivity index (χ3n) is 5.30. The van der Waals surface area contributed by atoms with Crippen LogP contribution in [0.25, 0.3) is 0 Å². The minimum atomic E-state index is -0.887. The van der Waals surface area contributed by atoms with Gasteiger partial charge < -0.3 is 9.57 Å². The molecule has 1 aromatic rings. The molecule has 4 rings (SSSR count). The molecule has 3 amide bonds. The Balaban J connectivity index is 1.51. The predicted molar refractivity (Wildman–Crippen MR) is 96.0 cm³/mol. The highest BCUT2D eigenvalue weighted by atomic mass is 16.7. The highest BCUT2D eigenvalue weighted by Gasteiger charge is 2.57. The molecule has 8 nitrogen and oxygen atoms in total. The van der Waals surface area contributed by atoms with Crippen LogP contribution >= 0.6 is 0 Å². The van der Waals surface area contributed by atoms with E-state index in [4.69, 9.17) is 9.57 Å². The number of benzene rings is 1. The molecule has 0 bridgehead atoms. The highest BCUT2D eigenvalue weighted by molar-refractivity contribution is 6.20. The number of ether oxygens (including phenoxy) is 1. The van der Waals surface area contributed by atoms with Crippen LogP contribution in [0.1, 0.15) is 60.7 Å². The molecule has 0 aromatic heterocycles. The van der Waals surface area contributed by atoms with Crippen LogP contribution in [0.3, 0.4) is 0 Å². The molecule has 1 aromatic carbocycles. The molecule has 1 saturated carbocycles. The fourth-order valence-electron chi connectivity index (χ4n) is 3.72. The summed E-state index contributed by atoms with van der Waals surface area (Å²) in [5.41, 5.74) is -0.417. The van der Waals surface area contributed by atoms with Crippen LogP contribution in [-0.4, -0.2) is 52.0 Å². The average molecular weight is 386 g/mol. The van der Waals surface area contributed by atoms with Crippen molar-refractivity contribution in [3.63, 3.8) is 0 Å². The number of imide groups is 1. The van der Waals surface area contributed by atoms with Crippen LogP contribution in [0.5, 0.6) is 0 Å². The first kappa shape index (κ1) is 18.5. The summed E-state index contributed by atoms with van der Waals surface area (Å²) in [6.07, 6.45) is 1.68. The highest BCUT2D eigenvalue weighted by Crippen LogP contribution is 2.55. The predicted octanol–water partition coefficient (Wildman–Crippen LogP) is 2.53. The number of fused-ring (bicyclic) bond motifs is 1. The van der Waals surface area contributed by atoms with Gasteiger partial charge in [0.15, 0.2) is 0 Å². The molecule has 0 N–H and O–H groups in total. The van der Waals surface area contributed by atoms with Crippen molar-refractivity contribution in [3.05, 3.63) is 35.4 Å². The zero-order valence-corrected chi connectivity index (χ0v) is 16.1. The van der Waals surface area contributed by atoms with E-state index in [0.29, 0.717) is 18.0 Å². The van der Waals surface area contributed by atoms with E-state index >= 15 is 0 Å². The van der Waals surface area contributed by atoms with Gasteiger partial charge in [-0.3, -0.25) is 14.5 Å².